The van der Waals surface area contributed by atoms with Crippen molar-refractivity contribution >= 4 is 32.4 Å². The Morgan fingerprint density at radius 1 is 0.867 bits per heavy atom. The number of rotatable bonds is 4. The van der Waals surface area contributed by atoms with Crippen molar-refractivity contribution in [2.24, 2.45) is 0 Å². The first-order valence-electron chi connectivity index (χ1n) is 3.74. The van der Waals surface area contributed by atoms with E-state index in [2.05, 4.69) is 15.0 Å². The summed E-state index contributed by atoms with van der Waals surface area (Å²) in [6.45, 7) is 0. The van der Waals surface area contributed by atoms with E-state index in [0.717, 1.165) is 0 Å². The van der Waals surface area contributed by atoms with E-state index in [4.69, 9.17) is 25.8 Å². The van der Waals surface area contributed by atoms with Gasteiger partial charge >= 0.3 is 14.5 Å². The van der Waals surface area contributed by atoms with Crippen LogP contribution < -0.4 is 16.2 Å². The van der Waals surface area contributed by atoms with E-state index in [1.54, 1.807) is 0 Å². The Bertz CT molecular complexity index is 308. The largest absolute Gasteiger partial charge is 0.587 e. The number of nitrogens with two attached hydrogens (primary N) is 1. The van der Waals surface area contributed by atoms with Crippen LogP contribution in [0.25, 0.3) is 0 Å². The lowest BCUT2D eigenvalue weighted by Gasteiger charge is -2.06. The molecule has 0 atom stereocenters. The van der Waals surface area contributed by atoms with Gasteiger partial charge in [-0.1, -0.05) is 0 Å². The van der Waals surface area contributed by atoms with Gasteiger partial charge in [0.25, 0.3) is 0 Å². The standard InChI is InChI=1S/C3H8B2N6O4/c6-1-7-2(10-4(12)13)9-3(8-1)11-5(14)15/h12-15H,(H4,6,7,8,9,10,11). The fourth-order valence-electron chi connectivity index (χ4n) is 0.752. The molecule has 15 heavy (non-hydrogen) atoms. The topological polar surface area (TPSA) is 170 Å². The zero-order chi connectivity index (χ0) is 11.4. The Labute approximate surface area is 84.5 Å². The van der Waals surface area contributed by atoms with Crippen molar-refractivity contribution in [1.82, 2.24) is 15.0 Å². The first-order valence-corrected chi connectivity index (χ1v) is 3.74. The first kappa shape index (κ1) is 11.5. The van der Waals surface area contributed by atoms with Gasteiger partial charge in [0.1, 0.15) is 0 Å². The fourth-order valence-corrected chi connectivity index (χ4v) is 0.752. The average Bonchev–Trinajstić information content (AvgIpc) is 1.98. The molecule has 0 aromatic carbocycles. The number of nitrogens with zero attached hydrogens (tertiary/aromatic N) is 3. The van der Waals surface area contributed by atoms with Gasteiger partial charge in [-0.3, -0.25) is 0 Å². The molecule has 1 rings (SSSR count). The van der Waals surface area contributed by atoms with E-state index < -0.39 is 14.5 Å². The third kappa shape index (κ3) is 3.95. The lowest BCUT2D eigenvalue weighted by molar-refractivity contribution is 0.415. The molecule has 12 heteroatoms. The molecule has 1 heterocycles. The molecule has 0 spiro atoms. The Kier molecular flexibility index (Phi) is 3.62. The van der Waals surface area contributed by atoms with Gasteiger partial charge in [-0.25, -0.2) is 0 Å². The van der Waals surface area contributed by atoms with E-state index in [1.807, 2.05) is 10.5 Å². The van der Waals surface area contributed by atoms with Crippen LogP contribution in [0.2, 0.25) is 0 Å². The highest BCUT2D eigenvalue weighted by Crippen LogP contribution is 2.06. The van der Waals surface area contributed by atoms with Crippen LogP contribution in [0.4, 0.5) is 17.8 Å². The van der Waals surface area contributed by atoms with Gasteiger partial charge in [0.2, 0.25) is 17.8 Å². The highest BCUT2D eigenvalue weighted by Gasteiger charge is 2.14. The molecule has 1 aromatic heterocycles. The summed E-state index contributed by atoms with van der Waals surface area (Å²) >= 11 is 0. The molecule has 8 N–H and O–H groups in total. The number of nitrogen functional groups attached to an aromatic ring is 1. The van der Waals surface area contributed by atoms with Crippen molar-refractivity contribution in [1.29, 1.82) is 0 Å². The molecule has 0 aliphatic carbocycles. The second kappa shape index (κ2) is 4.75. The van der Waals surface area contributed by atoms with E-state index in [0.29, 0.717) is 0 Å². The molecule has 0 unspecified atom stereocenters. The molecule has 0 aliphatic rings. The monoisotopic (exact) mass is 214 g/mol. The summed E-state index contributed by atoms with van der Waals surface area (Å²) in [6, 6.07) is 0. The van der Waals surface area contributed by atoms with E-state index >= 15 is 0 Å². The Balaban J connectivity index is 2.84. The molecule has 0 saturated heterocycles. The van der Waals surface area contributed by atoms with Crippen molar-refractivity contribution < 1.29 is 20.1 Å². The van der Waals surface area contributed by atoms with E-state index in [9.17, 15) is 0 Å². The maximum absolute atomic E-state index is 8.55. The molecular weight excluding hydrogens is 206 g/mol. The van der Waals surface area contributed by atoms with E-state index in [-0.39, 0.29) is 17.8 Å². The number of hydrogen-bond donors (Lipinski definition) is 7. The smallest absolute Gasteiger partial charge is 0.408 e. The van der Waals surface area contributed by atoms with Crippen LogP contribution in [-0.2, 0) is 0 Å². The average molecular weight is 214 g/mol. The minimum absolute atomic E-state index is 0.222. The zero-order valence-electron chi connectivity index (χ0n) is 7.36. The number of nitrogens with one attached hydrogen (secondary N) is 2. The van der Waals surface area contributed by atoms with Crippen molar-refractivity contribution in [3.8, 4) is 0 Å². The highest BCUT2D eigenvalue weighted by molar-refractivity contribution is 6.46. The normalized spacial score (nSPS) is 9.60. The predicted octanol–water partition coefficient (Wildman–Crippen LogP) is -3.78. The van der Waals surface area contributed by atoms with Gasteiger partial charge in [-0.15, -0.1) is 0 Å². The van der Waals surface area contributed by atoms with Crippen molar-refractivity contribution in [2.75, 3.05) is 16.2 Å². The van der Waals surface area contributed by atoms with Crippen molar-refractivity contribution in [3.05, 3.63) is 0 Å². The van der Waals surface area contributed by atoms with Gasteiger partial charge in [0.05, 0.1) is 0 Å². The maximum atomic E-state index is 8.55. The Morgan fingerprint density at radius 3 is 1.60 bits per heavy atom. The summed E-state index contributed by atoms with van der Waals surface area (Å²) in [7, 11) is -3.72. The number of hydrogen-bond acceptors (Lipinski definition) is 10. The lowest BCUT2D eigenvalue weighted by Crippen LogP contribution is -2.28. The summed E-state index contributed by atoms with van der Waals surface area (Å²) < 4.78 is 0. The van der Waals surface area contributed by atoms with Crippen LogP contribution in [-0.4, -0.2) is 49.6 Å². The summed E-state index contributed by atoms with van der Waals surface area (Å²) in [5.74, 6) is -0.669. The number of aromatic nitrogens is 3. The first-order chi connectivity index (χ1) is 6.97. The molecule has 80 valence electrons. The van der Waals surface area contributed by atoms with Gasteiger partial charge in [-0.05, 0) is 0 Å². The Morgan fingerprint density at radius 2 is 1.27 bits per heavy atom. The maximum Gasteiger partial charge on any atom is 0.587 e. The molecule has 0 fully saturated rings. The van der Waals surface area contributed by atoms with E-state index in [1.165, 1.54) is 0 Å². The molecule has 10 nitrogen and oxygen atoms in total. The summed E-state index contributed by atoms with van der Waals surface area (Å²) in [5.41, 5.74) is 5.24. The quantitative estimate of drug-likeness (QED) is 0.246. The fraction of sp³-hybridized carbons (Fsp3) is 0. The molecule has 0 saturated carbocycles. The highest BCUT2D eigenvalue weighted by atomic mass is 16.4. The van der Waals surface area contributed by atoms with Gasteiger partial charge in [0.15, 0.2) is 0 Å². The second-order valence-electron chi connectivity index (χ2n) is 2.38. The second-order valence-corrected chi connectivity index (χ2v) is 2.38. The summed E-state index contributed by atoms with van der Waals surface area (Å²) in [6.07, 6.45) is 0. The summed E-state index contributed by atoms with van der Waals surface area (Å²) in [4.78, 5) is 10.6. The van der Waals surface area contributed by atoms with Gasteiger partial charge < -0.3 is 36.3 Å². The molecule has 0 amide bonds. The van der Waals surface area contributed by atoms with Crippen LogP contribution in [0.3, 0.4) is 0 Å². The third-order valence-corrected chi connectivity index (χ3v) is 1.17. The predicted molar refractivity (Wildman–Crippen MR) is 51.9 cm³/mol. The van der Waals surface area contributed by atoms with Crippen molar-refractivity contribution in [2.45, 2.75) is 0 Å². The Hall–Kier alpha value is -1.62. The molecule has 0 bridgehead atoms. The number of anilines is 3. The zero-order valence-corrected chi connectivity index (χ0v) is 7.36. The minimum atomic E-state index is -1.86. The lowest BCUT2D eigenvalue weighted by atomic mass is 10.1. The third-order valence-electron chi connectivity index (χ3n) is 1.17. The van der Waals surface area contributed by atoms with Gasteiger partial charge in [0, 0.05) is 0 Å². The van der Waals surface area contributed by atoms with Crippen LogP contribution >= 0.6 is 0 Å². The van der Waals surface area contributed by atoms with Crippen LogP contribution in [0.1, 0.15) is 0 Å². The van der Waals surface area contributed by atoms with Crippen LogP contribution in [0.15, 0.2) is 0 Å². The molecular formula is C3H8B2N6O4. The molecule has 0 aliphatic heterocycles. The van der Waals surface area contributed by atoms with Gasteiger partial charge in [-0.2, -0.15) is 15.0 Å². The van der Waals surface area contributed by atoms with Crippen LogP contribution in [0.5, 0.6) is 0 Å². The molecule has 0 radical (unpaired) electrons. The minimum Gasteiger partial charge on any atom is -0.408 e. The van der Waals surface area contributed by atoms with Crippen LogP contribution in [0, 0.1) is 0 Å². The van der Waals surface area contributed by atoms with Crippen molar-refractivity contribution in [3.63, 3.8) is 0 Å². The SMILES string of the molecule is Nc1nc(NB(O)O)nc(NB(O)O)n1. The molecule has 1 aromatic rings. The summed E-state index contributed by atoms with van der Waals surface area (Å²) in [5, 5.41) is 38.3.